The van der Waals surface area contributed by atoms with E-state index in [4.69, 9.17) is 4.74 Å². The molecule has 1 amide bonds. The molecule has 1 heterocycles. The molecule has 0 aromatic rings. The second-order valence-corrected chi connectivity index (χ2v) is 5.62. The van der Waals surface area contributed by atoms with Gasteiger partial charge in [0.1, 0.15) is 12.4 Å². The van der Waals surface area contributed by atoms with Crippen LogP contribution in [0.1, 0.15) is 46.0 Å². The predicted octanol–water partition coefficient (Wildman–Crippen LogP) is 1.77. The number of amides is 1. The second-order valence-electron chi connectivity index (χ2n) is 5.62. The molecule has 1 saturated heterocycles. The third-order valence-electron chi connectivity index (χ3n) is 3.98. The van der Waals surface area contributed by atoms with E-state index < -0.39 is 0 Å². The maximum absolute atomic E-state index is 12.1. The van der Waals surface area contributed by atoms with Gasteiger partial charge in [-0.25, -0.2) is 0 Å². The topological polar surface area (TPSA) is 46.6 Å². The molecule has 4 nitrogen and oxygen atoms in total. The Hall–Kier alpha value is -0.900. The minimum absolute atomic E-state index is 0.0471. The third kappa shape index (κ3) is 2.91. The van der Waals surface area contributed by atoms with Crippen LogP contribution in [0, 0.1) is 5.92 Å². The highest BCUT2D eigenvalue weighted by molar-refractivity contribution is 5.85. The highest BCUT2D eigenvalue weighted by Crippen LogP contribution is 2.33. The van der Waals surface area contributed by atoms with Gasteiger partial charge in [-0.15, -0.1) is 0 Å². The van der Waals surface area contributed by atoms with Gasteiger partial charge in [0.2, 0.25) is 5.91 Å². The summed E-state index contributed by atoms with van der Waals surface area (Å²) in [4.78, 5) is 25.8. The molecule has 2 fully saturated rings. The van der Waals surface area contributed by atoms with Crippen molar-refractivity contribution in [1.29, 1.82) is 0 Å². The summed E-state index contributed by atoms with van der Waals surface area (Å²) in [5.74, 6) is 0.492. The number of ether oxygens (including phenoxy) is 1. The van der Waals surface area contributed by atoms with Crippen LogP contribution >= 0.6 is 0 Å². The van der Waals surface area contributed by atoms with Gasteiger partial charge in [0.25, 0.3) is 0 Å². The lowest BCUT2D eigenvalue weighted by molar-refractivity contribution is -0.140. The average molecular weight is 253 g/mol. The molecule has 0 bridgehead atoms. The van der Waals surface area contributed by atoms with Gasteiger partial charge in [-0.2, -0.15) is 0 Å². The van der Waals surface area contributed by atoms with Crippen molar-refractivity contribution in [1.82, 2.24) is 4.90 Å². The molecular formula is C14H23NO3. The van der Waals surface area contributed by atoms with Crippen molar-refractivity contribution in [2.75, 3.05) is 13.2 Å². The van der Waals surface area contributed by atoms with E-state index in [0.29, 0.717) is 12.2 Å². The first-order valence-corrected chi connectivity index (χ1v) is 7.03. The van der Waals surface area contributed by atoms with Gasteiger partial charge in [-0.05, 0) is 39.5 Å². The minimum Gasteiger partial charge on any atom is -0.369 e. The van der Waals surface area contributed by atoms with E-state index in [2.05, 4.69) is 0 Å². The zero-order chi connectivity index (χ0) is 13.1. The summed E-state index contributed by atoms with van der Waals surface area (Å²) in [7, 11) is 0. The van der Waals surface area contributed by atoms with Crippen molar-refractivity contribution in [3.05, 3.63) is 0 Å². The molecule has 1 aliphatic heterocycles. The smallest absolute Gasteiger partial charge is 0.248 e. The molecular weight excluding hydrogens is 230 g/mol. The molecule has 0 aromatic carbocycles. The quantitative estimate of drug-likeness (QED) is 0.767. The van der Waals surface area contributed by atoms with Gasteiger partial charge >= 0.3 is 0 Å². The first-order chi connectivity index (χ1) is 8.59. The van der Waals surface area contributed by atoms with Crippen LogP contribution in [0.5, 0.6) is 0 Å². The largest absolute Gasteiger partial charge is 0.369 e. The Morgan fingerprint density at radius 2 is 2.17 bits per heavy atom. The molecule has 2 unspecified atom stereocenters. The number of hydrogen-bond acceptors (Lipinski definition) is 3. The molecule has 2 rings (SSSR count). The number of carbonyl (C=O) groups is 2. The Bertz CT molecular complexity index is 327. The molecule has 1 aliphatic carbocycles. The minimum atomic E-state index is 0.0471. The fraction of sp³-hybridized carbons (Fsp3) is 0.857. The van der Waals surface area contributed by atoms with Gasteiger partial charge < -0.3 is 9.64 Å². The van der Waals surface area contributed by atoms with Crippen molar-refractivity contribution in [2.45, 2.75) is 58.1 Å². The first-order valence-electron chi connectivity index (χ1n) is 7.03. The monoisotopic (exact) mass is 253 g/mol. The lowest BCUT2D eigenvalue weighted by atomic mass is 9.95. The van der Waals surface area contributed by atoms with Gasteiger partial charge in [-0.3, -0.25) is 9.59 Å². The lowest BCUT2D eigenvalue weighted by Gasteiger charge is -2.28. The maximum atomic E-state index is 12.1. The molecule has 2 aliphatic rings. The van der Waals surface area contributed by atoms with E-state index in [-0.39, 0.29) is 30.6 Å². The molecule has 0 aromatic heterocycles. The lowest BCUT2D eigenvalue weighted by Crippen LogP contribution is -2.43. The Balaban J connectivity index is 1.94. The molecule has 1 saturated carbocycles. The van der Waals surface area contributed by atoms with Crippen LogP contribution in [0.2, 0.25) is 0 Å². The van der Waals surface area contributed by atoms with E-state index in [1.54, 1.807) is 0 Å². The summed E-state index contributed by atoms with van der Waals surface area (Å²) >= 11 is 0. The van der Waals surface area contributed by atoms with Crippen molar-refractivity contribution >= 4 is 11.7 Å². The highest BCUT2D eigenvalue weighted by atomic mass is 16.5. The Kier molecular flexibility index (Phi) is 4.38. The molecule has 0 radical (unpaired) electrons. The molecule has 0 N–H and O–H groups in total. The molecule has 18 heavy (non-hydrogen) atoms. The summed E-state index contributed by atoms with van der Waals surface area (Å²) in [6, 6.07) is 0.142. The molecule has 4 heteroatoms. The number of hydrogen-bond donors (Lipinski definition) is 0. The van der Waals surface area contributed by atoms with Gasteiger partial charge in [-0.1, -0.05) is 0 Å². The van der Waals surface area contributed by atoms with Gasteiger partial charge in [0.15, 0.2) is 0 Å². The van der Waals surface area contributed by atoms with Crippen LogP contribution in [-0.4, -0.2) is 41.9 Å². The maximum Gasteiger partial charge on any atom is 0.248 e. The van der Waals surface area contributed by atoms with Crippen molar-refractivity contribution in [2.24, 2.45) is 5.92 Å². The molecule has 0 spiro atoms. The van der Waals surface area contributed by atoms with E-state index >= 15 is 0 Å². The summed E-state index contributed by atoms with van der Waals surface area (Å²) < 4.78 is 5.38. The number of nitrogens with zero attached hydrogens (tertiary/aromatic N) is 1. The fourth-order valence-electron chi connectivity index (χ4n) is 3.09. The average Bonchev–Trinajstić information content (AvgIpc) is 2.93. The zero-order valence-electron chi connectivity index (χ0n) is 11.4. The Morgan fingerprint density at radius 3 is 2.78 bits per heavy atom. The highest BCUT2D eigenvalue weighted by Gasteiger charge is 2.39. The van der Waals surface area contributed by atoms with E-state index in [1.807, 2.05) is 18.7 Å². The zero-order valence-corrected chi connectivity index (χ0v) is 11.4. The van der Waals surface area contributed by atoms with Gasteiger partial charge in [0.05, 0.1) is 6.10 Å². The Labute approximate surface area is 109 Å². The Morgan fingerprint density at radius 1 is 1.39 bits per heavy atom. The summed E-state index contributed by atoms with van der Waals surface area (Å²) in [6.45, 7) is 4.79. The third-order valence-corrected chi connectivity index (χ3v) is 3.98. The van der Waals surface area contributed by atoms with Gasteiger partial charge in [0, 0.05) is 24.9 Å². The van der Waals surface area contributed by atoms with Crippen molar-refractivity contribution in [3.8, 4) is 0 Å². The molecule has 102 valence electrons. The standard InChI is InChI=1S/C14H23NO3/c1-10(2)18-9-14(17)15-8-4-6-12(15)11-5-3-7-13(11)16/h10-12H,3-9H2,1-2H3. The second kappa shape index (κ2) is 5.83. The number of ketones is 1. The first kappa shape index (κ1) is 13.5. The SMILES string of the molecule is CC(C)OCC(=O)N1CCCC1C1CCCC1=O. The van der Waals surface area contributed by atoms with E-state index in [9.17, 15) is 9.59 Å². The van der Waals surface area contributed by atoms with Crippen LogP contribution in [0.3, 0.4) is 0 Å². The number of Topliss-reactive ketones (excluding diaryl/α,β-unsaturated/α-hetero) is 1. The van der Waals surface area contributed by atoms with E-state index in [1.165, 1.54) is 0 Å². The predicted molar refractivity (Wildman–Crippen MR) is 68.2 cm³/mol. The van der Waals surface area contributed by atoms with Crippen molar-refractivity contribution in [3.63, 3.8) is 0 Å². The normalized spacial score (nSPS) is 28.4. The number of likely N-dealkylation sites (tertiary alicyclic amines) is 1. The van der Waals surface area contributed by atoms with Crippen LogP contribution in [-0.2, 0) is 14.3 Å². The van der Waals surface area contributed by atoms with Crippen LogP contribution in [0.4, 0.5) is 0 Å². The fourth-order valence-corrected chi connectivity index (χ4v) is 3.09. The molecule has 2 atom stereocenters. The van der Waals surface area contributed by atoms with Crippen LogP contribution < -0.4 is 0 Å². The van der Waals surface area contributed by atoms with E-state index in [0.717, 1.165) is 32.2 Å². The van der Waals surface area contributed by atoms with Crippen LogP contribution in [0.15, 0.2) is 0 Å². The van der Waals surface area contributed by atoms with Crippen LogP contribution in [0.25, 0.3) is 0 Å². The summed E-state index contributed by atoms with van der Waals surface area (Å²) in [5.41, 5.74) is 0. The number of carbonyl (C=O) groups excluding carboxylic acids is 2. The summed E-state index contributed by atoms with van der Waals surface area (Å²) in [6.07, 6.45) is 4.71. The summed E-state index contributed by atoms with van der Waals surface area (Å²) in [5, 5.41) is 0. The van der Waals surface area contributed by atoms with Crippen molar-refractivity contribution < 1.29 is 14.3 Å². The number of rotatable bonds is 4.